The standard InChI is InChI=1S/C18H16F4N6/c19-15-3-1-13(2-4-15)14-5-8-26(9-6-14)17-23-11-28(25-17)12-27-10-7-16(24-27)18(20,21)22/h1-5,7,10-11H,6,8-9,12H2. The van der Waals surface area contributed by atoms with E-state index in [-0.39, 0.29) is 12.5 Å². The first-order chi connectivity index (χ1) is 13.4. The fourth-order valence-electron chi connectivity index (χ4n) is 3.01. The average Bonchev–Trinajstić information content (AvgIpc) is 3.32. The van der Waals surface area contributed by atoms with Gasteiger partial charge >= 0.3 is 6.18 Å². The van der Waals surface area contributed by atoms with E-state index in [4.69, 9.17) is 0 Å². The van der Waals surface area contributed by atoms with E-state index in [1.807, 2.05) is 11.0 Å². The molecule has 0 saturated heterocycles. The Labute approximate surface area is 157 Å². The molecule has 0 saturated carbocycles. The smallest absolute Gasteiger partial charge is 0.335 e. The van der Waals surface area contributed by atoms with Gasteiger partial charge in [0.05, 0.1) is 0 Å². The zero-order valence-electron chi connectivity index (χ0n) is 14.6. The van der Waals surface area contributed by atoms with E-state index in [0.717, 1.165) is 28.3 Å². The normalized spacial score (nSPS) is 15.0. The number of hydrogen-bond acceptors (Lipinski definition) is 4. The van der Waals surface area contributed by atoms with Crippen molar-refractivity contribution in [1.29, 1.82) is 0 Å². The molecule has 6 nitrogen and oxygen atoms in total. The van der Waals surface area contributed by atoms with Crippen molar-refractivity contribution < 1.29 is 17.6 Å². The lowest BCUT2D eigenvalue weighted by Gasteiger charge is -2.25. The molecule has 0 amide bonds. The fraction of sp³-hybridized carbons (Fsp3) is 0.278. The van der Waals surface area contributed by atoms with Crippen molar-refractivity contribution in [2.75, 3.05) is 18.0 Å². The molecule has 2 aromatic heterocycles. The van der Waals surface area contributed by atoms with Crippen LogP contribution in [0.1, 0.15) is 17.7 Å². The maximum atomic E-state index is 13.0. The van der Waals surface area contributed by atoms with Gasteiger partial charge < -0.3 is 4.90 Å². The van der Waals surface area contributed by atoms with Crippen molar-refractivity contribution in [2.24, 2.45) is 0 Å². The molecule has 0 unspecified atom stereocenters. The van der Waals surface area contributed by atoms with Crippen molar-refractivity contribution >= 4 is 11.5 Å². The summed E-state index contributed by atoms with van der Waals surface area (Å²) in [6, 6.07) is 7.30. The third kappa shape index (κ3) is 3.90. The van der Waals surface area contributed by atoms with Gasteiger partial charge in [-0.1, -0.05) is 18.2 Å². The van der Waals surface area contributed by atoms with Crippen molar-refractivity contribution in [3.8, 4) is 0 Å². The van der Waals surface area contributed by atoms with Crippen LogP contribution >= 0.6 is 0 Å². The van der Waals surface area contributed by atoms with Crippen molar-refractivity contribution in [2.45, 2.75) is 19.3 Å². The van der Waals surface area contributed by atoms with Crippen LogP contribution in [0.5, 0.6) is 0 Å². The van der Waals surface area contributed by atoms with Crippen LogP contribution in [0.15, 0.2) is 48.9 Å². The van der Waals surface area contributed by atoms with E-state index in [2.05, 4.69) is 15.2 Å². The number of benzene rings is 1. The van der Waals surface area contributed by atoms with Crippen LogP contribution in [0.2, 0.25) is 0 Å². The molecule has 4 rings (SSSR count). The van der Waals surface area contributed by atoms with E-state index < -0.39 is 11.9 Å². The highest BCUT2D eigenvalue weighted by atomic mass is 19.4. The number of hydrogen-bond donors (Lipinski definition) is 0. The Balaban J connectivity index is 1.41. The molecule has 0 spiro atoms. The van der Waals surface area contributed by atoms with E-state index in [9.17, 15) is 17.6 Å². The van der Waals surface area contributed by atoms with Gasteiger partial charge in [0.25, 0.3) is 0 Å². The van der Waals surface area contributed by atoms with Gasteiger partial charge in [-0.05, 0) is 35.8 Å². The van der Waals surface area contributed by atoms with E-state index in [1.54, 1.807) is 12.1 Å². The first-order valence-electron chi connectivity index (χ1n) is 8.58. The van der Waals surface area contributed by atoms with E-state index in [1.165, 1.54) is 29.3 Å². The molecule has 0 aliphatic carbocycles. The van der Waals surface area contributed by atoms with Crippen LogP contribution in [0, 0.1) is 5.82 Å². The van der Waals surface area contributed by atoms with Gasteiger partial charge in [-0.2, -0.15) is 18.3 Å². The van der Waals surface area contributed by atoms with E-state index in [0.29, 0.717) is 19.0 Å². The van der Waals surface area contributed by atoms with Gasteiger partial charge in [0.15, 0.2) is 5.69 Å². The first kappa shape index (κ1) is 18.2. The lowest BCUT2D eigenvalue weighted by molar-refractivity contribution is -0.141. The molecule has 0 fully saturated rings. The van der Waals surface area contributed by atoms with Gasteiger partial charge in [-0.15, -0.1) is 5.10 Å². The van der Waals surface area contributed by atoms with Crippen LogP contribution < -0.4 is 4.90 Å². The molecule has 1 aliphatic rings. The van der Waals surface area contributed by atoms with Crippen LogP contribution in [-0.4, -0.2) is 37.6 Å². The Morgan fingerprint density at radius 1 is 1.00 bits per heavy atom. The molecule has 1 aliphatic heterocycles. The Morgan fingerprint density at radius 3 is 2.43 bits per heavy atom. The maximum Gasteiger partial charge on any atom is 0.435 e. The molecule has 0 radical (unpaired) electrons. The zero-order chi connectivity index (χ0) is 19.7. The largest absolute Gasteiger partial charge is 0.435 e. The lowest BCUT2D eigenvalue weighted by atomic mass is 10.00. The Bertz CT molecular complexity index is 986. The van der Waals surface area contributed by atoms with Crippen molar-refractivity contribution in [3.05, 3.63) is 66.0 Å². The zero-order valence-corrected chi connectivity index (χ0v) is 14.6. The quantitative estimate of drug-likeness (QED) is 0.639. The molecule has 10 heteroatoms. The summed E-state index contributed by atoms with van der Waals surface area (Å²) >= 11 is 0. The van der Waals surface area contributed by atoms with Crippen LogP contribution in [0.25, 0.3) is 5.57 Å². The van der Waals surface area contributed by atoms with Gasteiger partial charge in [0.1, 0.15) is 18.8 Å². The first-order valence-corrected chi connectivity index (χ1v) is 8.58. The topological polar surface area (TPSA) is 51.8 Å². The number of nitrogens with zero attached hydrogens (tertiary/aromatic N) is 6. The van der Waals surface area contributed by atoms with Crippen LogP contribution in [0.4, 0.5) is 23.5 Å². The van der Waals surface area contributed by atoms with Crippen LogP contribution in [-0.2, 0) is 12.8 Å². The molecule has 0 bridgehead atoms. The van der Waals surface area contributed by atoms with Gasteiger partial charge in [-0.3, -0.25) is 4.68 Å². The second-order valence-corrected chi connectivity index (χ2v) is 6.40. The molecule has 28 heavy (non-hydrogen) atoms. The highest BCUT2D eigenvalue weighted by Gasteiger charge is 2.33. The summed E-state index contributed by atoms with van der Waals surface area (Å²) < 4.78 is 53.5. The van der Waals surface area contributed by atoms with Crippen LogP contribution in [0.3, 0.4) is 0 Å². The fourth-order valence-corrected chi connectivity index (χ4v) is 3.01. The number of aromatic nitrogens is 5. The Kier molecular flexibility index (Phi) is 4.62. The minimum absolute atomic E-state index is 0.0353. The summed E-state index contributed by atoms with van der Waals surface area (Å²) in [5, 5.41) is 7.82. The third-order valence-corrected chi connectivity index (χ3v) is 4.45. The number of alkyl halides is 3. The molecular formula is C18H16F4N6. The number of anilines is 1. The number of halogens is 4. The van der Waals surface area contributed by atoms with Crippen molar-refractivity contribution in [1.82, 2.24) is 24.5 Å². The molecule has 0 N–H and O–H groups in total. The summed E-state index contributed by atoms with van der Waals surface area (Å²) in [6.45, 7) is 1.32. The predicted molar refractivity (Wildman–Crippen MR) is 93.9 cm³/mol. The summed E-state index contributed by atoms with van der Waals surface area (Å²) in [5.41, 5.74) is 1.17. The van der Waals surface area contributed by atoms with Crippen molar-refractivity contribution in [3.63, 3.8) is 0 Å². The Hall–Kier alpha value is -3.17. The SMILES string of the molecule is Fc1ccc(C2=CCN(c3ncn(Cn4ccc(C(F)(F)F)n4)n3)CC2)cc1. The predicted octanol–water partition coefficient (Wildman–Crippen LogP) is 3.43. The van der Waals surface area contributed by atoms with E-state index >= 15 is 0 Å². The Morgan fingerprint density at radius 2 is 1.79 bits per heavy atom. The second-order valence-electron chi connectivity index (χ2n) is 6.40. The molecule has 146 valence electrons. The average molecular weight is 392 g/mol. The molecular weight excluding hydrogens is 376 g/mol. The molecule has 3 heterocycles. The number of rotatable bonds is 4. The highest BCUT2D eigenvalue weighted by Crippen LogP contribution is 2.27. The molecule has 0 atom stereocenters. The van der Waals surface area contributed by atoms with Gasteiger partial charge in [0.2, 0.25) is 5.95 Å². The summed E-state index contributed by atoms with van der Waals surface area (Å²) in [7, 11) is 0. The molecule has 3 aromatic rings. The minimum atomic E-state index is -4.47. The highest BCUT2D eigenvalue weighted by molar-refractivity contribution is 5.68. The maximum absolute atomic E-state index is 13.0. The lowest BCUT2D eigenvalue weighted by Crippen LogP contribution is -2.29. The second kappa shape index (κ2) is 7.10. The monoisotopic (exact) mass is 392 g/mol. The summed E-state index contributed by atoms with van der Waals surface area (Å²) in [6.07, 6.45) is 1.04. The molecule has 1 aromatic carbocycles. The van der Waals surface area contributed by atoms with Gasteiger partial charge in [-0.25, -0.2) is 14.1 Å². The third-order valence-electron chi connectivity index (χ3n) is 4.45. The van der Waals surface area contributed by atoms with Gasteiger partial charge in [0, 0.05) is 19.3 Å². The summed E-state index contributed by atoms with van der Waals surface area (Å²) in [5.74, 6) is 0.230. The summed E-state index contributed by atoms with van der Waals surface area (Å²) in [4.78, 5) is 6.20. The minimum Gasteiger partial charge on any atom is -0.335 e.